The highest BCUT2D eigenvalue weighted by Crippen LogP contribution is 2.03. The molecule has 6 N–H and O–H groups in total. The zero-order chi connectivity index (χ0) is 12.9. The fourth-order valence-corrected chi connectivity index (χ4v) is 1.07. The number of oxime groups is 1. The third kappa shape index (κ3) is 3.76. The second kappa shape index (κ2) is 5.94. The van der Waals surface area contributed by atoms with Crippen LogP contribution in [-0.4, -0.2) is 28.9 Å². The Morgan fingerprint density at radius 1 is 1.25 bits per heavy atom. The van der Waals surface area contributed by atoms with Gasteiger partial charge in [0.15, 0.2) is 5.84 Å². The van der Waals surface area contributed by atoms with Gasteiger partial charge >= 0.3 is 0 Å². The van der Waals surface area contributed by atoms with Crippen molar-refractivity contribution in [3.8, 4) is 0 Å². The van der Waals surface area contributed by atoms with Crippen LogP contribution in [-0.2, 0) is 9.59 Å². The Kier molecular flexibility index (Phi) is 5.27. The van der Waals surface area contributed by atoms with E-state index in [-0.39, 0.29) is 11.8 Å². The van der Waals surface area contributed by atoms with Crippen molar-refractivity contribution >= 4 is 17.6 Å². The SMILES string of the molecule is CC(C(=O)NC(C(N)=O)C(C)C)C(N)=NO. The number of nitrogens with two attached hydrogens (primary N) is 2. The van der Waals surface area contributed by atoms with Crippen LogP contribution in [0.5, 0.6) is 0 Å². The van der Waals surface area contributed by atoms with Crippen molar-refractivity contribution in [3.63, 3.8) is 0 Å². The summed E-state index contributed by atoms with van der Waals surface area (Å²) in [6.07, 6.45) is 0. The van der Waals surface area contributed by atoms with Crippen LogP contribution in [0.2, 0.25) is 0 Å². The lowest BCUT2D eigenvalue weighted by Gasteiger charge is -2.20. The van der Waals surface area contributed by atoms with Gasteiger partial charge in [-0.3, -0.25) is 9.59 Å². The first-order valence-electron chi connectivity index (χ1n) is 4.88. The van der Waals surface area contributed by atoms with E-state index in [4.69, 9.17) is 16.7 Å². The zero-order valence-electron chi connectivity index (χ0n) is 9.60. The average Bonchev–Trinajstić information content (AvgIpc) is 2.22. The van der Waals surface area contributed by atoms with Crippen LogP contribution in [0.4, 0.5) is 0 Å². The summed E-state index contributed by atoms with van der Waals surface area (Å²) in [5.41, 5.74) is 10.4. The minimum absolute atomic E-state index is 0.124. The normalized spacial score (nSPS) is 15.6. The van der Waals surface area contributed by atoms with E-state index >= 15 is 0 Å². The molecule has 92 valence electrons. The average molecular weight is 230 g/mol. The van der Waals surface area contributed by atoms with Crippen LogP contribution in [0.1, 0.15) is 20.8 Å². The van der Waals surface area contributed by atoms with Gasteiger partial charge in [-0.05, 0) is 12.8 Å². The van der Waals surface area contributed by atoms with Crippen LogP contribution in [0, 0.1) is 11.8 Å². The number of amides is 2. The summed E-state index contributed by atoms with van der Waals surface area (Å²) >= 11 is 0. The fraction of sp³-hybridized carbons (Fsp3) is 0.667. The molecule has 0 aliphatic carbocycles. The topological polar surface area (TPSA) is 131 Å². The Morgan fingerprint density at radius 2 is 1.75 bits per heavy atom. The molecule has 2 unspecified atom stereocenters. The van der Waals surface area contributed by atoms with E-state index in [0.29, 0.717) is 0 Å². The Labute approximate surface area is 93.9 Å². The summed E-state index contributed by atoms with van der Waals surface area (Å²) in [6.45, 7) is 4.97. The summed E-state index contributed by atoms with van der Waals surface area (Å²) in [5, 5.41) is 13.6. The minimum Gasteiger partial charge on any atom is -0.409 e. The van der Waals surface area contributed by atoms with E-state index in [1.807, 2.05) is 0 Å². The highest BCUT2D eigenvalue weighted by atomic mass is 16.4. The lowest BCUT2D eigenvalue weighted by Crippen LogP contribution is -2.50. The molecule has 0 aliphatic heterocycles. The van der Waals surface area contributed by atoms with Gasteiger partial charge in [0.05, 0.1) is 5.92 Å². The highest BCUT2D eigenvalue weighted by molar-refractivity contribution is 6.02. The molecule has 0 rings (SSSR count). The molecule has 0 spiro atoms. The predicted molar refractivity (Wildman–Crippen MR) is 58.5 cm³/mol. The zero-order valence-corrected chi connectivity index (χ0v) is 9.60. The molecule has 0 aromatic heterocycles. The number of nitrogens with one attached hydrogen (secondary N) is 1. The Bertz CT molecular complexity index is 301. The molecule has 0 aromatic carbocycles. The Morgan fingerprint density at radius 3 is 2.06 bits per heavy atom. The van der Waals surface area contributed by atoms with Gasteiger partial charge in [0.2, 0.25) is 11.8 Å². The number of carbonyl (C=O) groups is 2. The first kappa shape index (κ1) is 14.2. The number of hydrogen-bond acceptors (Lipinski definition) is 4. The maximum atomic E-state index is 11.6. The monoisotopic (exact) mass is 230 g/mol. The summed E-state index contributed by atoms with van der Waals surface area (Å²) < 4.78 is 0. The number of hydrogen-bond donors (Lipinski definition) is 4. The molecule has 0 radical (unpaired) electrons. The van der Waals surface area contributed by atoms with Crippen molar-refractivity contribution in [2.75, 3.05) is 0 Å². The Balaban J connectivity index is 4.59. The van der Waals surface area contributed by atoms with Gasteiger partial charge in [0.25, 0.3) is 0 Å². The lowest BCUT2D eigenvalue weighted by molar-refractivity contribution is -0.129. The first-order chi connectivity index (χ1) is 7.31. The van der Waals surface area contributed by atoms with Crippen molar-refractivity contribution in [2.24, 2.45) is 28.5 Å². The second-order valence-electron chi connectivity index (χ2n) is 3.88. The van der Waals surface area contributed by atoms with Crippen LogP contribution >= 0.6 is 0 Å². The molecule has 0 fully saturated rings. The maximum Gasteiger partial charge on any atom is 0.240 e. The maximum absolute atomic E-state index is 11.6. The van der Waals surface area contributed by atoms with Crippen LogP contribution in [0.3, 0.4) is 0 Å². The second-order valence-corrected chi connectivity index (χ2v) is 3.88. The van der Waals surface area contributed by atoms with Crippen LogP contribution < -0.4 is 16.8 Å². The number of rotatable bonds is 5. The van der Waals surface area contributed by atoms with Crippen LogP contribution in [0.25, 0.3) is 0 Å². The molecule has 0 bridgehead atoms. The summed E-state index contributed by atoms with van der Waals surface area (Å²) in [7, 11) is 0. The largest absolute Gasteiger partial charge is 0.409 e. The van der Waals surface area contributed by atoms with Gasteiger partial charge in [-0.25, -0.2) is 0 Å². The first-order valence-corrected chi connectivity index (χ1v) is 4.88. The number of amidine groups is 1. The molecular weight excluding hydrogens is 212 g/mol. The van der Waals surface area contributed by atoms with Gasteiger partial charge in [0.1, 0.15) is 6.04 Å². The lowest BCUT2D eigenvalue weighted by atomic mass is 10.0. The summed E-state index contributed by atoms with van der Waals surface area (Å²) in [6, 6.07) is -0.763. The molecule has 2 atom stereocenters. The number of primary amides is 1. The number of carbonyl (C=O) groups excluding carboxylic acids is 2. The van der Waals surface area contributed by atoms with Gasteiger partial charge in [-0.1, -0.05) is 19.0 Å². The van der Waals surface area contributed by atoms with Crippen molar-refractivity contribution in [3.05, 3.63) is 0 Å². The molecule has 0 aromatic rings. The fourth-order valence-electron chi connectivity index (χ4n) is 1.07. The van der Waals surface area contributed by atoms with Gasteiger partial charge in [-0.15, -0.1) is 0 Å². The van der Waals surface area contributed by atoms with E-state index in [1.165, 1.54) is 6.92 Å². The predicted octanol–water partition coefficient (Wildman–Crippen LogP) is -1.00. The summed E-state index contributed by atoms with van der Waals surface area (Å²) in [4.78, 5) is 22.6. The van der Waals surface area contributed by atoms with E-state index in [2.05, 4.69) is 10.5 Å². The molecule has 0 aliphatic rings. The van der Waals surface area contributed by atoms with Gasteiger partial charge in [-0.2, -0.15) is 0 Å². The van der Waals surface area contributed by atoms with E-state index in [9.17, 15) is 9.59 Å². The van der Waals surface area contributed by atoms with Gasteiger partial charge in [0, 0.05) is 0 Å². The molecule has 16 heavy (non-hydrogen) atoms. The van der Waals surface area contributed by atoms with E-state index < -0.39 is 23.8 Å². The van der Waals surface area contributed by atoms with Crippen molar-refractivity contribution in [1.29, 1.82) is 0 Å². The van der Waals surface area contributed by atoms with Crippen molar-refractivity contribution < 1.29 is 14.8 Å². The van der Waals surface area contributed by atoms with Crippen molar-refractivity contribution in [2.45, 2.75) is 26.8 Å². The molecule has 7 heteroatoms. The molecular formula is C9H18N4O3. The van der Waals surface area contributed by atoms with E-state index in [0.717, 1.165) is 0 Å². The van der Waals surface area contributed by atoms with Crippen LogP contribution in [0.15, 0.2) is 5.16 Å². The third-order valence-electron chi connectivity index (χ3n) is 2.22. The van der Waals surface area contributed by atoms with Crippen molar-refractivity contribution in [1.82, 2.24) is 5.32 Å². The third-order valence-corrected chi connectivity index (χ3v) is 2.22. The van der Waals surface area contributed by atoms with Gasteiger partial charge < -0.3 is 22.0 Å². The molecule has 0 saturated heterocycles. The minimum atomic E-state index is -0.814. The standard InChI is InChI=1S/C9H18N4O3/c1-4(2)6(8(11)14)12-9(15)5(3)7(10)13-16/h4-6,16H,1-3H3,(H2,10,13)(H2,11,14)(H,12,15). The molecule has 2 amide bonds. The number of nitrogens with zero attached hydrogens (tertiary/aromatic N) is 1. The summed E-state index contributed by atoms with van der Waals surface area (Å²) in [5.74, 6) is -2.28. The molecule has 7 nitrogen and oxygen atoms in total. The quantitative estimate of drug-likeness (QED) is 0.209. The molecule has 0 saturated carbocycles. The highest BCUT2D eigenvalue weighted by Gasteiger charge is 2.25. The Hall–Kier alpha value is -1.79. The smallest absolute Gasteiger partial charge is 0.240 e. The van der Waals surface area contributed by atoms with E-state index in [1.54, 1.807) is 13.8 Å². The molecule has 0 heterocycles.